The number of hydrogen-bond acceptors (Lipinski definition) is 3. The molecule has 0 bridgehead atoms. The van der Waals surface area contributed by atoms with Crippen molar-refractivity contribution in [3.63, 3.8) is 0 Å². The van der Waals surface area contributed by atoms with E-state index in [1.807, 2.05) is 67.6 Å². The van der Waals surface area contributed by atoms with Crippen molar-refractivity contribution < 1.29 is 9.90 Å². The minimum atomic E-state index is -2.30. The van der Waals surface area contributed by atoms with Crippen LogP contribution in [-0.2, 0) is 0 Å². The van der Waals surface area contributed by atoms with Gasteiger partial charge in [-0.05, 0) is 48.3 Å². The average Bonchev–Trinajstić information content (AvgIpc) is 3.17. The molecule has 0 radical (unpaired) electrons. The Morgan fingerprint density at radius 2 is 1.82 bits per heavy atom. The van der Waals surface area contributed by atoms with Gasteiger partial charge in [-0.2, -0.15) is 0 Å². The third-order valence-corrected chi connectivity index (χ3v) is 5.04. The Bertz CT molecular complexity index is 1440. The van der Waals surface area contributed by atoms with E-state index in [9.17, 15) is 0 Å². The fourth-order valence-electron chi connectivity index (χ4n) is 3.55. The lowest BCUT2D eigenvalue weighted by atomic mass is 9.92. The largest absolute Gasteiger partial charge is 0.437 e. The molecule has 0 saturated heterocycles. The third-order valence-electron chi connectivity index (χ3n) is 5.04. The molecular formula is C25H20N2O. The van der Waals surface area contributed by atoms with Gasteiger partial charge in [-0.3, -0.25) is 4.98 Å². The molecule has 3 aromatic heterocycles. The summed E-state index contributed by atoms with van der Waals surface area (Å²) in [6.45, 7) is -0.439. The van der Waals surface area contributed by atoms with Gasteiger partial charge < -0.3 is 4.42 Å². The van der Waals surface area contributed by atoms with Crippen LogP contribution in [0.15, 0.2) is 83.4 Å². The molecule has 3 heterocycles. The highest BCUT2D eigenvalue weighted by Gasteiger charge is 2.15. The summed E-state index contributed by atoms with van der Waals surface area (Å²) >= 11 is 0. The van der Waals surface area contributed by atoms with Gasteiger partial charge in [-0.1, -0.05) is 49.4 Å². The average molecular weight is 368 g/mol. The molecule has 0 spiro atoms. The number of aromatic nitrogens is 2. The number of pyridine rings is 2. The Kier molecular flexibility index (Phi) is 3.03. The van der Waals surface area contributed by atoms with E-state index in [1.165, 1.54) is 6.07 Å². The molecule has 0 aliphatic rings. The number of nitrogens with zero attached hydrogens (tertiary/aromatic N) is 2. The highest BCUT2D eigenvalue weighted by Crippen LogP contribution is 2.35. The molecule has 0 aliphatic carbocycles. The standard InChI is InChI=1S/C25H20N2O/c1-16-11-12-21-20-9-6-10-22(24(20)28-25(21)27-16)23-15-19(13-14-26-23)17(2)18-7-4-3-5-8-18/h3-15,17H,1-2H3/i1D3,17D. The molecule has 5 rings (SSSR count). The zero-order chi connectivity index (χ0) is 22.5. The maximum Gasteiger partial charge on any atom is 0.227 e. The fraction of sp³-hybridized carbons (Fsp3) is 0.120. The Hall–Kier alpha value is -3.46. The van der Waals surface area contributed by atoms with Gasteiger partial charge in [-0.15, -0.1) is 0 Å². The zero-order valence-electron chi connectivity index (χ0n) is 19.3. The summed E-state index contributed by atoms with van der Waals surface area (Å²) in [4.78, 5) is 8.78. The number of fused-ring (bicyclic) bond motifs is 3. The van der Waals surface area contributed by atoms with Gasteiger partial charge in [0.2, 0.25) is 5.71 Å². The third kappa shape index (κ3) is 2.76. The van der Waals surface area contributed by atoms with E-state index in [-0.39, 0.29) is 11.4 Å². The van der Waals surface area contributed by atoms with E-state index in [0.29, 0.717) is 11.3 Å². The van der Waals surface area contributed by atoms with E-state index in [2.05, 4.69) is 9.97 Å². The van der Waals surface area contributed by atoms with Crippen LogP contribution in [0.5, 0.6) is 0 Å². The maximum absolute atomic E-state index is 8.99. The van der Waals surface area contributed by atoms with Gasteiger partial charge in [-0.25, -0.2) is 4.98 Å². The van der Waals surface area contributed by atoms with Crippen molar-refractivity contribution in [2.24, 2.45) is 0 Å². The topological polar surface area (TPSA) is 38.9 Å². The lowest BCUT2D eigenvalue weighted by Gasteiger charge is -2.13. The quantitative estimate of drug-likeness (QED) is 0.365. The second kappa shape index (κ2) is 6.61. The molecule has 0 fully saturated rings. The summed E-state index contributed by atoms with van der Waals surface area (Å²) in [6, 6.07) is 22.4. The zero-order valence-corrected chi connectivity index (χ0v) is 15.3. The van der Waals surface area contributed by atoms with Crippen LogP contribution in [0.25, 0.3) is 33.3 Å². The molecule has 1 unspecified atom stereocenters. The van der Waals surface area contributed by atoms with Crippen LogP contribution >= 0.6 is 0 Å². The van der Waals surface area contributed by atoms with Crippen molar-refractivity contribution >= 4 is 22.1 Å². The van der Waals surface area contributed by atoms with Gasteiger partial charge in [0.25, 0.3) is 0 Å². The van der Waals surface area contributed by atoms with E-state index < -0.39 is 12.7 Å². The predicted octanol–water partition coefficient (Wildman–Crippen LogP) is 6.50. The number of rotatable bonds is 3. The first-order chi connectivity index (χ1) is 15.2. The minimum Gasteiger partial charge on any atom is -0.437 e. The Labute approximate surface area is 169 Å². The Balaban J connectivity index is 1.66. The highest BCUT2D eigenvalue weighted by atomic mass is 16.3. The lowest BCUT2D eigenvalue weighted by Crippen LogP contribution is -1.97. The van der Waals surface area contributed by atoms with Crippen molar-refractivity contribution in [1.29, 1.82) is 0 Å². The molecule has 3 heteroatoms. The molecule has 3 nitrogen and oxygen atoms in total. The summed E-state index contributed by atoms with van der Waals surface area (Å²) < 4.78 is 37.9. The summed E-state index contributed by atoms with van der Waals surface area (Å²) in [5.41, 5.74) is 4.02. The molecule has 136 valence electrons. The normalized spacial score (nSPS) is 16.2. The number of benzene rings is 2. The van der Waals surface area contributed by atoms with Crippen LogP contribution in [0.4, 0.5) is 0 Å². The molecule has 0 N–H and O–H groups in total. The number of hydrogen-bond donors (Lipinski definition) is 0. The van der Waals surface area contributed by atoms with Crippen LogP contribution in [0.3, 0.4) is 0 Å². The van der Waals surface area contributed by atoms with Gasteiger partial charge in [0.1, 0.15) is 5.58 Å². The maximum atomic E-state index is 8.99. The summed E-state index contributed by atoms with van der Waals surface area (Å²) in [5, 5.41) is 1.59. The number of aryl methyl sites for hydroxylation is 1. The van der Waals surface area contributed by atoms with Crippen LogP contribution < -0.4 is 0 Å². The predicted molar refractivity (Wildman–Crippen MR) is 113 cm³/mol. The van der Waals surface area contributed by atoms with Crippen molar-refractivity contribution in [2.75, 3.05) is 0 Å². The second-order valence-electron chi connectivity index (χ2n) is 6.75. The van der Waals surface area contributed by atoms with Crippen LogP contribution in [-0.4, -0.2) is 9.97 Å². The van der Waals surface area contributed by atoms with Crippen molar-refractivity contribution in [3.05, 3.63) is 95.8 Å². The van der Waals surface area contributed by atoms with Gasteiger partial charge >= 0.3 is 0 Å². The molecule has 2 aromatic carbocycles. The first-order valence-electron chi connectivity index (χ1n) is 11.1. The highest BCUT2D eigenvalue weighted by molar-refractivity contribution is 6.08. The van der Waals surface area contributed by atoms with E-state index in [1.54, 1.807) is 12.3 Å². The second-order valence-corrected chi connectivity index (χ2v) is 6.75. The lowest BCUT2D eigenvalue weighted by molar-refractivity contribution is 0.653. The molecule has 5 aromatic rings. The summed E-state index contributed by atoms with van der Waals surface area (Å²) in [6.07, 6.45) is 1.70. The molecule has 28 heavy (non-hydrogen) atoms. The number of furan rings is 1. The fourth-order valence-corrected chi connectivity index (χ4v) is 3.55. The monoisotopic (exact) mass is 368 g/mol. The van der Waals surface area contributed by atoms with Crippen LogP contribution in [0.1, 0.15) is 35.1 Å². The summed E-state index contributed by atoms with van der Waals surface area (Å²) in [7, 11) is 0. The minimum absolute atomic E-state index is 0.00133. The van der Waals surface area contributed by atoms with Gasteiger partial charge in [0, 0.05) is 39.6 Å². The molecule has 0 saturated carbocycles. The van der Waals surface area contributed by atoms with Crippen LogP contribution in [0, 0.1) is 6.85 Å². The smallest absolute Gasteiger partial charge is 0.227 e. The Morgan fingerprint density at radius 1 is 0.929 bits per heavy atom. The summed E-state index contributed by atoms with van der Waals surface area (Å²) in [5.74, 6) is -0.948. The number of para-hydroxylation sites is 1. The SMILES string of the molecule is [2H]C([2H])([2H])c1ccc2c(n1)oc1c(-c3cc(C([2H])(C)c4ccccc4)ccn3)cccc12. The molecular weight excluding hydrogens is 344 g/mol. The van der Waals surface area contributed by atoms with Crippen molar-refractivity contribution in [1.82, 2.24) is 9.97 Å². The van der Waals surface area contributed by atoms with Gasteiger partial charge in [0.05, 0.1) is 5.69 Å². The van der Waals surface area contributed by atoms with Crippen LogP contribution in [0.2, 0.25) is 0 Å². The van der Waals surface area contributed by atoms with E-state index in [0.717, 1.165) is 27.5 Å². The molecule has 0 aliphatic heterocycles. The molecule has 1 atom stereocenters. The Morgan fingerprint density at radius 3 is 2.68 bits per heavy atom. The van der Waals surface area contributed by atoms with Crippen molar-refractivity contribution in [2.45, 2.75) is 19.7 Å². The first-order valence-corrected chi connectivity index (χ1v) is 9.10. The van der Waals surface area contributed by atoms with Crippen molar-refractivity contribution in [3.8, 4) is 11.3 Å². The van der Waals surface area contributed by atoms with E-state index in [4.69, 9.17) is 9.90 Å². The first kappa shape index (κ1) is 12.8. The van der Waals surface area contributed by atoms with Gasteiger partial charge in [0.15, 0.2) is 0 Å². The molecule has 0 amide bonds. The van der Waals surface area contributed by atoms with E-state index >= 15 is 0 Å².